The minimum absolute atomic E-state index is 0.122. The summed E-state index contributed by atoms with van der Waals surface area (Å²) in [6.45, 7) is 0. The normalized spacial score (nSPS) is 14.9. The highest BCUT2D eigenvalue weighted by Crippen LogP contribution is 2.26. The fourth-order valence-electron chi connectivity index (χ4n) is 1.23. The molecular formula is C10H10F3NO4. The van der Waals surface area contributed by atoms with Crippen molar-refractivity contribution in [2.45, 2.75) is 18.6 Å². The minimum atomic E-state index is -4.87. The van der Waals surface area contributed by atoms with Gasteiger partial charge in [-0.15, -0.1) is 13.2 Å². The van der Waals surface area contributed by atoms with E-state index in [1.165, 1.54) is 12.1 Å². The van der Waals surface area contributed by atoms with Gasteiger partial charge in [-0.1, -0.05) is 12.1 Å². The number of rotatable bonds is 4. The maximum atomic E-state index is 12.0. The third kappa shape index (κ3) is 3.90. The molecule has 0 spiro atoms. The van der Waals surface area contributed by atoms with Gasteiger partial charge in [0.15, 0.2) is 6.10 Å². The lowest BCUT2D eigenvalue weighted by Crippen LogP contribution is -2.33. The summed E-state index contributed by atoms with van der Waals surface area (Å²) in [4.78, 5) is 10.6. The molecule has 18 heavy (non-hydrogen) atoms. The van der Waals surface area contributed by atoms with Gasteiger partial charge in [-0.2, -0.15) is 0 Å². The Balaban J connectivity index is 2.91. The highest BCUT2D eigenvalue weighted by molar-refractivity contribution is 5.79. The van der Waals surface area contributed by atoms with E-state index in [1.807, 2.05) is 0 Å². The summed E-state index contributed by atoms with van der Waals surface area (Å²) in [5.41, 5.74) is 4.63. The second kappa shape index (κ2) is 5.23. The van der Waals surface area contributed by atoms with Gasteiger partial charge in [-0.25, -0.2) is 0 Å². The van der Waals surface area contributed by atoms with Crippen LogP contribution in [-0.2, 0) is 4.79 Å². The van der Waals surface area contributed by atoms with Crippen molar-refractivity contribution in [2.24, 2.45) is 5.73 Å². The van der Waals surface area contributed by atoms with Gasteiger partial charge in [-0.3, -0.25) is 4.79 Å². The average molecular weight is 265 g/mol. The number of nitrogens with two attached hydrogens (primary N) is 1. The van der Waals surface area contributed by atoms with Crippen molar-refractivity contribution in [3.63, 3.8) is 0 Å². The molecule has 1 amide bonds. The predicted molar refractivity (Wildman–Crippen MR) is 53.3 cm³/mol. The lowest BCUT2D eigenvalue weighted by molar-refractivity contribution is -0.274. The second-order valence-corrected chi connectivity index (χ2v) is 3.41. The van der Waals surface area contributed by atoms with Gasteiger partial charge in [0.25, 0.3) is 0 Å². The van der Waals surface area contributed by atoms with Crippen LogP contribution in [0.4, 0.5) is 13.2 Å². The third-order valence-electron chi connectivity index (χ3n) is 2.02. The number of alkyl halides is 3. The van der Waals surface area contributed by atoms with Gasteiger partial charge < -0.3 is 20.7 Å². The number of hydrogen-bond donors (Lipinski definition) is 3. The van der Waals surface area contributed by atoms with Crippen LogP contribution in [0, 0.1) is 0 Å². The fraction of sp³-hybridized carbons (Fsp3) is 0.300. The zero-order chi connectivity index (χ0) is 13.9. The van der Waals surface area contributed by atoms with Crippen molar-refractivity contribution < 1.29 is 32.9 Å². The number of amides is 1. The zero-order valence-corrected chi connectivity index (χ0v) is 8.89. The van der Waals surface area contributed by atoms with E-state index >= 15 is 0 Å². The summed E-state index contributed by atoms with van der Waals surface area (Å²) in [6.07, 6.45) is -8.50. The van der Waals surface area contributed by atoms with Gasteiger partial charge in [0, 0.05) is 0 Å². The number of carbonyl (C=O) groups excluding carboxylic acids is 1. The summed E-state index contributed by atoms with van der Waals surface area (Å²) in [7, 11) is 0. The van der Waals surface area contributed by atoms with Gasteiger partial charge in [0.05, 0.1) is 0 Å². The number of aliphatic hydroxyl groups is 2. The molecule has 8 heteroatoms. The number of primary amides is 1. The Morgan fingerprint density at radius 3 is 2.44 bits per heavy atom. The molecule has 0 saturated carbocycles. The van der Waals surface area contributed by atoms with E-state index in [0.29, 0.717) is 0 Å². The molecule has 0 fully saturated rings. The highest BCUT2D eigenvalue weighted by Gasteiger charge is 2.31. The molecule has 5 nitrogen and oxygen atoms in total. The predicted octanol–water partition coefficient (Wildman–Crippen LogP) is 0.465. The summed E-state index contributed by atoms with van der Waals surface area (Å²) in [6, 6.07) is 4.26. The zero-order valence-electron chi connectivity index (χ0n) is 8.89. The standard InChI is InChI=1S/C10H10F3NO4/c11-10(12,13)18-6-3-1-2-5(4-6)7(15)8(16)9(14)17/h1-4,7-8,15-16H,(H2,14,17). The van der Waals surface area contributed by atoms with Gasteiger partial charge in [-0.05, 0) is 17.7 Å². The molecule has 0 aliphatic heterocycles. The van der Waals surface area contributed by atoms with Crippen molar-refractivity contribution in [3.05, 3.63) is 29.8 Å². The molecule has 4 N–H and O–H groups in total. The molecule has 1 aromatic rings. The summed E-state index contributed by atoms with van der Waals surface area (Å²) in [5, 5.41) is 18.7. The Morgan fingerprint density at radius 2 is 1.94 bits per heavy atom. The molecule has 0 aromatic heterocycles. The van der Waals surface area contributed by atoms with Crippen molar-refractivity contribution in [2.75, 3.05) is 0 Å². The van der Waals surface area contributed by atoms with E-state index < -0.39 is 30.2 Å². The van der Waals surface area contributed by atoms with E-state index in [9.17, 15) is 28.2 Å². The molecule has 0 saturated heterocycles. The molecule has 2 unspecified atom stereocenters. The number of carbonyl (C=O) groups is 1. The number of aliphatic hydroxyl groups excluding tert-OH is 2. The second-order valence-electron chi connectivity index (χ2n) is 3.41. The first-order valence-corrected chi connectivity index (χ1v) is 4.72. The Morgan fingerprint density at radius 1 is 1.33 bits per heavy atom. The lowest BCUT2D eigenvalue weighted by Gasteiger charge is -2.16. The monoisotopic (exact) mass is 265 g/mol. The molecule has 2 atom stereocenters. The fourth-order valence-corrected chi connectivity index (χ4v) is 1.23. The van der Waals surface area contributed by atoms with Crippen molar-refractivity contribution >= 4 is 5.91 Å². The van der Waals surface area contributed by atoms with Gasteiger partial charge in [0.2, 0.25) is 5.91 Å². The summed E-state index contributed by atoms with van der Waals surface area (Å²) >= 11 is 0. The van der Waals surface area contributed by atoms with E-state index in [4.69, 9.17) is 5.73 Å². The quantitative estimate of drug-likeness (QED) is 0.737. The van der Waals surface area contributed by atoms with Crippen LogP contribution in [-0.4, -0.2) is 28.6 Å². The Kier molecular flexibility index (Phi) is 4.15. The van der Waals surface area contributed by atoms with Crippen LogP contribution < -0.4 is 10.5 Å². The maximum Gasteiger partial charge on any atom is 0.573 e. The molecule has 0 aliphatic carbocycles. The van der Waals surface area contributed by atoms with E-state index in [1.54, 1.807) is 0 Å². The number of hydrogen-bond acceptors (Lipinski definition) is 4. The first kappa shape index (κ1) is 14.3. The number of benzene rings is 1. The van der Waals surface area contributed by atoms with Crippen LogP contribution in [0.25, 0.3) is 0 Å². The number of ether oxygens (including phenoxy) is 1. The van der Waals surface area contributed by atoms with Crippen LogP contribution in [0.5, 0.6) is 5.75 Å². The van der Waals surface area contributed by atoms with Crippen LogP contribution in [0.1, 0.15) is 11.7 Å². The molecule has 1 aromatic carbocycles. The van der Waals surface area contributed by atoms with E-state index in [2.05, 4.69) is 4.74 Å². The minimum Gasteiger partial charge on any atom is -0.406 e. The third-order valence-corrected chi connectivity index (χ3v) is 2.02. The largest absolute Gasteiger partial charge is 0.573 e. The van der Waals surface area contributed by atoms with Gasteiger partial charge in [0.1, 0.15) is 11.9 Å². The summed E-state index contributed by atoms with van der Waals surface area (Å²) < 4.78 is 39.5. The highest BCUT2D eigenvalue weighted by atomic mass is 19.4. The van der Waals surface area contributed by atoms with Crippen molar-refractivity contribution in [1.29, 1.82) is 0 Å². The van der Waals surface area contributed by atoms with E-state index in [0.717, 1.165) is 12.1 Å². The van der Waals surface area contributed by atoms with Crippen LogP contribution in [0.2, 0.25) is 0 Å². The first-order chi connectivity index (χ1) is 8.20. The molecular weight excluding hydrogens is 255 g/mol. The van der Waals surface area contributed by atoms with Crippen LogP contribution in [0.15, 0.2) is 24.3 Å². The van der Waals surface area contributed by atoms with Crippen molar-refractivity contribution in [3.8, 4) is 5.75 Å². The van der Waals surface area contributed by atoms with E-state index in [-0.39, 0.29) is 5.56 Å². The lowest BCUT2D eigenvalue weighted by atomic mass is 10.0. The molecule has 100 valence electrons. The number of halogens is 3. The topological polar surface area (TPSA) is 92.8 Å². The van der Waals surface area contributed by atoms with Crippen molar-refractivity contribution in [1.82, 2.24) is 0 Å². The molecule has 1 rings (SSSR count). The maximum absolute atomic E-state index is 12.0. The Hall–Kier alpha value is -1.80. The average Bonchev–Trinajstić information content (AvgIpc) is 2.25. The molecule has 0 heterocycles. The molecule has 0 radical (unpaired) electrons. The van der Waals surface area contributed by atoms with Crippen LogP contribution >= 0.6 is 0 Å². The van der Waals surface area contributed by atoms with Gasteiger partial charge >= 0.3 is 6.36 Å². The summed E-state index contributed by atoms with van der Waals surface area (Å²) in [5.74, 6) is -1.76. The smallest absolute Gasteiger partial charge is 0.406 e. The Labute approximate surface area is 99.6 Å². The molecule has 0 aliphatic rings. The molecule has 0 bridgehead atoms. The van der Waals surface area contributed by atoms with Crippen LogP contribution in [0.3, 0.4) is 0 Å². The SMILES string of the molecule is NC(=O)C(O)C(O)c1cccc(OC(F)(F)F)c1. The first-order valence-electron chi connectivity index (χ1n) is 4.72. The Bertz CT molecular complexity index is 435.